The first-order chi connectivity index (χ1) is 10.3. The number of thiazole rings is 1. The maximum absolute atomic E-state index is 4.77. The highest BCUT2D eigenvalue weighted by Crippen LogP contribution is 2.22. The first kappa shape index (κ1) is 14.7. The van der Waals surface area contributed by atoms with Crippen LogP contribution in [0.5, 0.6) is 0 Å². The molecular formula is C15H23N5S. The summed E-state index contributed by atoms with van der Waals surface area (Å²) in [6.07, 6.45) is 9.55. The quantitative estimate of drug-likeness (QED) is 0.823. The molecule has 0 aromatic carbocycles. The fourth-order valence-corrected chi connectivity index (χ4v) is 3.87. The van der Waals surface area contributed by atoms with Crippen molar-refractivity contribution in [2.45, 2.75) is 58.2 Å². The van der Waals surface area contributed by atoms with Gasteiger partial charge in [-0.1, -0.05) is 13.3 Å². The zero-order valence-electron chi connectivity index (χ0n) is 12.6. The summed E-state index contributed by atoms with van der Waals surface area (Å²) < 4.78 is 1.95. The molecule has 1 saturated heterocycles. The Bertz CT molecular complexity index is 536. The summed E-state index contributed by atoms with van der Waals surface area (Å²) in [5, 5.41) is 7.75. The molecule has 21 heavy (non-hydrogen) atoms. The molecule has 2 aromatic rings. The molecule has 1 aliphatic heterocycles. The third kappa shape index (κ3) is 3.89. The van der Waals surface area contributed by atoms with Crippen molar-refractivity contribution in [3.8, 4) is 0 Å². The lowest BCUT2D eigenvalue weighted by molar-refractivity contribution is 0.120. The average Bonchev–Trinajstić information content (AvgIpc) is 3.14. The van der Waals surface area contributed by atoms with E-state index in [1.165, 1.54) is 42.9 Å². The van der Waals surface area contributed by atoms with Gasteiger partial charge in [0.15, 0.2) is 0 Å². The number of piperidine rings is 1. The van der Waals surface area contributed by atoms with Gasteiger partial charge in [0.25, 0.3) is 0 Å². The Morgan fingerprint density at radius 2 is 2.33 bits per heavy atom. The molecule has 5 nitrogen and oxygen atoms in total. The van der Waals surface area contributed by atoms with Crippen molar-refractivity contribution in [2.75, 3.05) is 6.54 Å². The SMILES string of the molecule is CCCc1nc(CN2CCCCC2Cn2cncn2)cs1. The van der Waals surface area contributed by atoms with Crippen LogP contribution in [0.1, 0.15) is 43.3 Å². The molecule has 0 aliphatic carbocycles. The van der Waals surface area contributed by atoms with E-state index in [9.17, 15) is 0 Å². The number of rotatable bonds is 6. The van der Waals surface area contributed by atoms with Gasteiger partial charge in [0, 0.05) is 18.0 Å². The Morgan fingerprint density at radius 1 is 1.38 bits per heavy atom. The lowest BCUT2D eigenvalue weighted by atomic mass is 10.0. The van der Waals surface area contributed by atoms with Crippen molar-refractivity contribution in [3.05, 3.63) is 28.7 Å². The lowest BCUT2D eigenvalue weighted by Crippen LogP contribution is -2.41. The predicted octanol–water partition coefficient (Wildman–Crippen LogP) is 2.74. The van der Waals surface area contributed by atoms with E-state index in [1.807, 2.05) is 11.0 Å². The molecule has 0 bridgehead atoms. The molecule has 1 fully saturated rings. The minimum Gasteiger partial charge on any atom is -0.293 e. The third-order valence-corrected chi connectivity index (χ3v) is 5.00. The van der Waals surface area contributed by atoms with E-state index in [4.69, 9.17) is 4.98 Å². The topological polar surface area (TPSA) is 46.8 Å². The minimum atomic E-state index is 0.553. The Morgan fingerprint density at radius 3 is 3.14 bits per heavy atom. The van der Waals surface area contributed by atoms with Crippen molar-refractivity contribution in [3.63, 3.8) is 0 Å². The van der Waals surface area contributed by atoms with Crippen molar-refractivity contribution in [1.29, 1.82) is 0 Å². The average molecular weight is 305 g/mol. The largest absolute Gasteiger partial charge is 0.293 e. The molecule has 0 amide bonds. The monoisotopic (exact) mass is 305 g/mol. The standard InChI is InChI=1S/C15H23N5S/c1-2-5-15-18-13(10-21-15)8-19-7-4-3-6-14(19)9-20-12-16-11-17-20/h10-12,14H,2-9H2,1H3. The highest BCUT2D eigenvalue weighted by molar-refractivity contribution is 7.09. The van der Waals surface area contributed by atoms with Gasteiger partial charge in [-0.15, -0.1) is 11.3 Å². The fourth-order valence-electron chi connectivity index (χ4n) is 2.98. The van der Waals surface area contributed by atoms with Crippen LogP contribution >= 0.6 is 11.3 Å². The molecule has 1 atom stereocenters. The Labute approximate surface area is 130 Å². The van der Waals surface area contributed by atoms with Gasteiger partial charge < -0.3 is 0 Å². The lowest BCUT2D eigenvalue weighted by Gasteiger charge is -2.35. The molecule has 0 spiro atoms. The second-order valence-corrected chi connectivity index (χ2v) is 6.66. The number of aryl methyl sites for hydroxylation is 1. The van der Waals surface area contributed by atoms with Crippen LogP contribution in [0, 0.1) is 0 Å². The molecule has 0 radical (unpaired) electrons. The molecule has 1 aliphatic rings. The summed E-state index contributed by atoms with van der Waals surface area (Å²) in [7, 11) is 0. The Kier molecular flexibility index (Phi) is 4.98. The molecule has 0 saturated carbocycles. The number of nitrogens with zero attached hydrogens (tertiary/aromatic N) is 5. The number of likely N-dealkylation sites (tertiary alicyclic amines) is 1. The van der Waals surface area contributed by atoms with Crippen LogP contribution < -0.4 is 0 Å². The molecule has 2 aromatic heterocycles. The van der Waals surface area contributed by atoms with E-state index < -0.39 is 0 Å². The van der Waals surface area contributed by atoms with E-state index in [0.717, 1.165) is 19.5 Å². The van der Waals surface area contributed by atoms with Crippen molar-refractivity contribution < 1.29 is 0 Å². The van der Waals surface area contributed by atoms with Crippen LogP contribution in [0.3, 0.4) is 0 Å². The first-order valence-corrected chi connectivity index (χ1v) is 8.73. The van der Waals surface area contributed by atoms with Crippen LogP contribution in [-0.4, -0.2) is 37.2 Å². The van der Waals surface area contributed by atoms with Crippen LogP contribution in [0.15, 0.2) is 18.0 Å². The molecule has 0 N–H and O–H groups in total. The Hall–Kier alpha value is -1.27. The predicted molar refractivity (Wildman–Crippen MR) is 84.2 cm³/mol. The van der Waals surface area contributed by atoms with E-state index in [-0.39, 0.29) is 0 Å². The van der Waals surface area contributed by atoms with Gasteiger partial charge >= 0.3 is 0 Å². The van der Waals surface area contributed by atoms with E-state index in [2.05, 4.69) is 27.3 Å². The van der Waals surface area contributed by atoms with E-state index in [1.54, 1.807) is 17.7 Å². The molecule has 3 heterocycles. The maximum atomic E-state index is 4.77. The molecule has 3 rings (SSSR count). The molecule has 114 valence electrons. The van der Waals surface area contributed by atoms with Crippen LogP contribution in [0.2, 0.25) is 0 Å². The van der Waals surface area contributed by atoms with Gasteiger partial charge in [0.1, 0.15) is 12.7 Å². The zero-order chi connectivity index (χ0) is 14.5. The van der Waals surface area contributed by atoms with Gasteiger partial charge in [-0.3, -0.25) is 9.58 Å². The fraction of sp³-hybridized carbons (Fsp3) is 0.667. The first-order valence-electron chi connectivity index (χ1n) is 7.85. The Balaban J connectivity index is 1.63. The van der Waals surface area contributed by atoms with E-state index >= 15 is 0 Å². The summed E-state index contributed by atoms with van der Waals surface area (Å²) in [4.78, 5) is 11.4. The van der Waals surface area contributed by atoms with E-state index in [0.29, 0.717) is 6.04 Å². The van der Waals surface area contributed by atoms with Gasteiger partial charge in [-0.2, -0.15) is 5.10 Å². The highest BCUT2D eigenvalue weighted by Gasteiger charge is 2.23. The molecule has 6 heteroatoms. The van der Waals surface area contributed by atoms with Crippen molar-refractivity contribution in [2.24, 2.45) is 0 Å². The normalized spacial score (nSPS) is 20.0. The van der Waals surface area contributed by atoms with Crippen LogP contribution in [0.25, 0.3) is 0 Å². The van der Waals surface area contributed by atoms with Gasteiger partial charge in [0.2, 0.25) is 0 Å². The van der Waals surface area contributed by atoms with Crippen molar-refractivity contribution >= 4 is 11.3 Å². The summed E-state index contributed by atoms with van der Waals surface area (Å²) >= 11 is 1.80. The molecular weight excluding hydrogens is 282 g/mol. The third-order valence-electron chi connectivity index (χ3n) is 4.04. The summed E-state index contributed by atoms with van der Waals surface area (Å²) in [5.74, 6) is 0. The highest BCUT2D eigenvalue weighted by atomic mass is 32.1. The molecule has 1 unspecified atom stereocenters. The summed E-state index contributed by atoms with van der Waals surface area (Å²) in [6.45, 7) is 5.28. The van der Waals surface area contributed by atoms with Crippen LogP contribution in [0.4, 0.5) is 0 Å². The number of hydrogen-bond acceptors (Lipinski definition) is 5. The van der Waals surface area contributed by atoms with Crippen LogP contribution in [-0.2, 0) is 19.5 Å². The second-order valence-electron chi connectivity index (χ2n) is 5.72. The van der Waals surface area contributed by atoms with Gasteiger partial charge in [-0.25, -0.2) is 9.97 Å². The second kappa shape index (κ2) is 7.13. The number of hydrogen-bond donors (Lipinski definition) is 0. The smallest absolute Gasteiger partial charge is 0.137 e. The maximum Gasteiger partial charge on any atom is 0.137 e. The van der Waals surface area contributed by atoms with Gasteiger partial charge in [-0.05, 0) is 32.2 Å². The summed E-state index contributed by atoms with van der Waals surface area (Å²) in [5.41, 5.74) is 1.23. The zero-order valence-corrected chi connectivity index (χ0v) is 13.4. The van der Waals surface area contributed by atoms with Crippen molar-refractivity contribution in [1.82, 2.24) is 24.6 Å². The minimum absolute atomic E-state index is 0.553. The van der Waals surface area contributed by atoms with Gasteiger partial charge in [0.05, 0.1) is 17.2 Å². The number of aromatic nitrogens is 4. The summed E-state index contributed by atoms with van der Waals surface area (Å²) in [6, 6.07) is 0.553.